The van der Waals surface area contributed by atoms with Crippen LogP contribution >= 0.6 is 0 Å². The summed E-state index contributed by atoms with van der Waals surface area (Å²) in [5, 5.41) is 0. The molecule has 0 N–H and O–H groups in total. The van der Waals surface area contributed by atoms with Gasteiger partial charge in [-0.2, -0.15) is 0 Å². The summed E-state index contributed by atoms with van der Waals surface area (Å²) >= 11 is 0. The van der Waals surface area contributed by atoms with Crippen molar-refractivity contribution in [1.29, 1.82) is 0 Å². The van der Waals surface area contributed by atoms with Crippen molar-refractivity contribution in [1.82, 2.24) is 0 Å². The van der Waals surface area contributed by atoms with Gasteiger partial charge < -0.3 is 9.47 Å². The molecule has 0 aliphatic carbocycles. The summed E-state index contributed by atoms with van der Waals surface area (Å²) < 4.78 is 10.4. The summed E-state index contributed by atoms with van der Waals surface area (Å²) in [4.78, 5) is 22.8. The molecule has 1 aliphatic heterocycles. The number of hydrogen-bond acceptors (Lipinski definition) is 4. The van der Waals surface area contributed by atoms with Crippen molar-refractivity contribution in [3.63, 3.8) is 0 Å². The number of carbonyl (C=O) groups is 2. The molecular weight excluding hydrogens is 220 g/mol. The van der Waals surface area contributed by atoms with Crippen LogP contribution in [-0.4, -0.2) is 24.6 Å². The van der Waals surface area contributed by atoms with Crippen molar-refractivity contribution in [2.45, 2.75) is 46.6 Å². The first-order chi connectivity index (χ1) is 7.95. The van der Waals surface area contributed by atoms with Crippen LogP contribution in [0, 0.1) is 17.8 Å². The van der Waals surface area contributed by atoms with Crippen molar-refractivity contribution in [3.8, 4) is 0 Å². The Balaban J connectivity index is 2.45. The van der Waals surface area contributed by atoms with E-state index in [1.54, 1.807) is 0 Å². The van der Waals surface area contributed by atoms with Gasteiger partial charge in [0.05, 0.1) is 18.9 Å². The second-order valence-corrected chi connectivity index (χ2v) is 4.96. The van der Waals surface area contributed by atoms with Gasteiger partial charge in [-0.05, 0) is 19.3 Å². The molecule has 4 unspecified atom stereocenters. The van der Waals surface area contributed by atoms with Gasteiger partial charge in [0.1, 0.15) is 6.10 Å². The molecule has 0 amide bonds. The minimum absolute atomic E-state index is 0.0710. The Hall–Kier alpha value is -1.06. The van der Waals surface area contributed by atoms with E-state index in [-0.39, 0.29) is 35.8 Å². The fraction of sp³-hybridized carbons (Fsp3) is 0.846. The smallest absolute Gasteiger partial charge is 0.308 e. The highest BCUT2D eigenvalue weighted by Crippen LogP contribution is 2.27. The van der Waals surface area contributed by atoms with Crippen LogP contribution in [0.1, 0.15) is 40.5 Å². The van der Waals surface area contributed by atoms with E-state index >= 15 is 0 Å². The van der Waals surface area contributed by atoms with Gasteiger partial charge in [0, 0.05) is 5.92 Å². The molecule has 1 aliphatic rings. The summed E-state index contributed by atoms with van der Waals surface area (Å²) in [5.41, 5.74) is 0. The van der Waals surface area contributed by atoms with E-state index in [0.717, 1.165) is 6.42 Å². The highest BCUT2D eigenvalue weighted by atomic mass is 16.5. The van der Waals surface area contributed by atoms with Crippen LogP contribution in [0.2, 0.25) is 0 Å². The van der Waals surface area contributed by atoms with Crippen LogP contribution in [0.5, 0.6) is 0 Å². The van der Waals surface area contributed by atoms with E-state index in [2.05, 4.69) is 0 Å². The standard InChI is InChI=1S/C13H22O4/c1-5-8(2)13(15)16-7-11-6-12(14)17-10(4)9(11)3/h8-11H,5-7H2,1-4H3. The molecule has 1 heterocycles. The third-order valence-electron chi connectivity index (χ3n) is 3.68. The van der Waals surface area contributed by atoms with E-state index in [9.17, 15) is 9.59 Å². The van der Waals surface area contributed by atoms with E-state index in [1.807, 2.05) is 27.7 Å². The molecule has 4 heteroatoms. The molecule has 0 aromatic carbocycles. The molecule has 4 nitrogen and oxygen atoms in total. The Bertz CT molecular complexity index is 287. The van der Waals surface area contributed by atoms with Crippen LogP contribution in [0.25, 0.3) is 0 Å². The lowest BCUT2D eigenvalue weighted by atomic mass is 9.85. The highest BCUT2D eigenvalue weighted by molar-refractivity contribution is 5.72. The second-order valence-electron chi connectivity index (χ2n) is 4.96. The van der Waals surface area contributed by atoms with Gasteiger partial charge in [-0.15, -0.1) is 0 Å². The average molecular weight is 242 g/mol. The first-order valence-electron chi connectivity index (χ1n) is 6.31. The van der Waals surface area contributed by atoms with Crippen LogP contribution < -0.4 is 0 Å². The minimum Gasteiger partial charge on any atom is -0.465 e. The van der Waals surface area contributed by atoms with Crippen LogP contribution in [0.15, 0.2) is 0 Å². The summed E-state index contributed by atoms with van der Waals surface area (Å²) in [6.45, 7) is 8.03. The summed E-state index contributed by atoms with van der Waals surface area (Å²) in [5.74, 6) is -0.124. The number of ether oxygens (including phenoxy) is 2. The molecular formula is C13H22O4. The number of rotatable bonds is 4. The third-order valence-corrected chi connectivity index (χ3v) is 3.68. The Morgan fingerprint density at radius 3 is 2.76 bits per heavy atom. The summed E-state index contributed by atoms with van der Waals surface area (Å²) in [7, 11) is 0. The molecule has 0 radical (unpaired) electrons. The zero-order chi connectivity index (χ0) is 13.0. The van der Waals surface area contributed by atoms with Gasteiger partial charge in [-0.3, -0.25) is 9.59 Å². The molecule has 17 heavy (non-hydrogen) atoms. The van der Waals surface area contributed by atoms with Crippen molar-refractivity contribution >= 4 is 11.9 Å². The SMILES string of the molecule is CCC(C)C(=O)OCC1CC(=O)OC(C)C1C. The zero-order valence-corrected chi connectivity index (χ0v) is 11.1. The maximum absolute atomic E-state index is 11.5. The van der Waals surface area contributed by atoms with Crippen molar-refractivity contribution in [3.05, 3.63) is 0 Å². The topological polar surface area (TPSA) is 52.6 Å². The Kier molecular flexibility index (Phi) is 4.97. The average Bonchev–Trinajstić information content (AvgIpc) is 2.30. The van der Waals surface area contributed by atoms with E-state index in [4.69, 9.17) is 9.47 Å². The number of carbonyl (C=O) groups excluding carboxylic acids is 2. The number of esters is 2. The lowest BCUT2D eigenvalue weighted by molar-refractivity contribution is -0.167. The maximum Gasteiger partial charge on any atom is 0.308 e. The number of hydrogen-bond donors (Lipinski definition) is 0. The maximum atomic E-state index is 11.5. The molecule has 1 fully saturated rings. The van der Waals surface area contributed by atoms with Gasteiger partial charge in [-0.25, -0.2) is 0 Å². The Labute approximate surface area is 103 Å². The second kappa shape index (κ2) is 6.03. The van der Waals surface area contributed by atoms with Crippen LogP contribution in [0.4, 0.5) is 0 Å². The predicted molar refractivity (Wildman–Crippen MR) is 63.2 cm³/mol. The minimum atomic E-state index is -0.194. The van der Waals surface area contributed by atoms with Crippen molar-refractivity contribution < 1.29 is 19.1 Å². The summed E-state index contributed by atoms with van der Waals surface area (Å²) in [6, 6.07) is 0. The Morgan fingerprint density at radius 1 is 1.53 bits per heavy atom. The van der Waals surface area contributed by atoms with Gasteiger partial charge in [-0.1, -0.05) is 20.8 Å². The van der Waals surface area contributed by atoms with E-state index < -0.39 is 0 Å². The van der Waals surface area contributed by atoms with Gasteiger partial charge in [0.25, 0.3) is 0 Å². The highest BCUT2D eigenvalue weighted by Gasteiger charge is 2.34. The first kappa shape index (κ1) is 14.0. The molecule has 0 aromatic rings. The van der Waals surface area contributed by atoms with E-state index in [1.165, 1.54) is 0 Å². The van der Waals surface area contributed by atoms with Gasteiger partial charge >= 0.3 is 11.9 Å². The Morgan fingerprint density at radius 2 is 2.18 bits per heavy atom. The zero-order valence-electron chi connectivity index (χ0n) is 11.1. The first-order valence-corrected chi connectivity index (χ1v) is 6.31. The van der Waals surface area contributed by atoms with Crippen LogP contribution in [-0.2, 0) is 19.1 Å². The molecule has 98 valence electrons. The predicted octanol–water partition coefficient (Wildman–Crippen LogP) is 2.16. The lowest BCUT2D eigenvalue weighted by Crippen LogP contribution is -2.38. The largest absolute Gasteiger partial charge is 0.465 e. The monoisotopic (exact) mass is 242 g/mol. The quantitative estimate of drug-likeness (QED) is 0.709. The van der Waals surface area contributed by atoms with Crippen LogP contribution in [0.3, 0.4) is 0 Å². The molecule has 0 aromatic heterocycles. The van der Waals surface area contributed by atoms with Crippen molar-refractivity contribution in [2.24, 2.45) is 17.8 Å². The molecule has 0 saturated carbocycles. The normalized spacial score (nSPS) is 30.6. The van der Waals surface area contributed by atoms with Crippen molar-refractivity contribution in [2.75, 3.05) is 6.61 Å². The van der Waals surface area contributed by atoms with Gasteiger partial charge in [0.15, 0.2) is 0 Å². The number of cyclic esters (lactones) is 1. The molecule has 0 bridgehead atoms. The molecule has 4 atom stereocenters. The fourth-order valence-electron chi connectivity index (χ4n) is 1.85. The van der Waals surface area contributed by atoms with E-state index in [0.29, 0.717) is 13.0 Å². The lowest BCUT2D eigenvalue weighted by Gasteiger charge is -2.33. The molecule has 1 rings (SSSR count). The third kappa shape index (κ3) is 3.72. The molecule has 0 spiro atoms. The van der Waals surface area contributed by atoms with Gasteiger partial charge in [0.2, 0.25) is 0 Å². The molecule has 1 saturated heterocycles. The summed E-state index contributed by atoms with van der Waals surface area (Å²) in [6.07, 6.45) is 1.03. The fourth-order valence-corrected chi connectivity index (χ4v) is 1.85.